The molecule has 1 heterocycles. The molecule has 0 aliphatic carbocycles. The lowest BCUT2D eigenvalue weighted by Crippen LogP contribution is -2.17. The number of rotatable bonds is 5. The van der Waals surface area contributed by atoms with Crippen molar-refractivity contribution in [1.29, 1.82) is 5.26 Å². The molecule has 0 saturated carbocycles. The second-order valence-electron chi connectivity index (χ2n) is 6.00. The lowest BCUT2D eigenvalue weighted by Gasteiger charge is -2.15. The second kappa shape index (κ2) is 7.15. The van der Waals surface area contributed by atoms with Gasteiger partial charge in [0, 0.05) is 17.8 Å². The smallest absolute Gasteiger partial charge is 0.164 e. The molecule has 0 unspecified atom stereocenters. The van der Waals surface area contributed by atoms with Gasteiger partial charge in [0.05, 0.1) is 6.07 Å². The average Bonchev–Trinajstić information content (AvgIpc) is 2.47. The molecule has 0 N–H and O–H groups in total. The van der Waals surface area contributed by atoms with Crippen molar-refractivity contribution < 1.29 is 4.79 Å². The molecule has 2 atom stereocenters. The van der Waals surface area contributed by atoms with E-state index in [1.165, 1.54) is 0 Å². The summed E-state index contributed by atoms with van der Waals surface area (Å²) in [6.45, 7) is 7.72. The highest BCUT2D eigenvalue weighted by Gasteiger charge is 2.25. The molecule has 118 valence electrons. The SMILES string of the molecule is Cc1cc(C)nc([C@@H](C#N)C(=O)C[C@@H](C)c2ccccc2C)n1. The van der Waals surface area contributed by atoms with Gasteiger partial charge in [0.1, 0.15) is 0 Å². The fourth-order valence-corrected chi connectivity index (χ4v) is 2.83. The standard InChI is InChI=1S/C19H21N3O/c1-12-7-5-6-8-16(12)13(2)9-18(23)17(11-20)19-21-14(3)10-15(4)22-19/h5-8,10,13,17H,9H2,1-4H3/t13-,17+/m1/s1. The summed E-state index contributed by atoms with van der Waals surface area (Å²) in [5.74, 6) is -0.661. The number of nitrogens with zero attached hydrogens (tertiary/aromatic N) is 3. The van der Waals surface area contributed by atoms with Gasteiger partial charge in [0.25, 0.3) is 0 Å². The van der Waals surface area contributed by atoms with Crippen LogP contribution in [0.5, 0.6) is 0 Å². The number of ketones is 1. The fourth-order valence-electron chi connectivity index (χ4n) is 2.83. The first kappa shape index (κ1) is 16.8. The Hall–Kier alpha value is -2.54. The Morgan fingerprint density at radius 2 is 1.78 bits per heavy atom. The summed E-state index contributed by atoms with van der Waals surface area (Å²) >= 11 is 0. The minimum Gasteiger partial charge on any atom is -0.298 e. The zero-order valence-electron chi connectivity index (χ0n) is 14.0. The van der Waals surface area contributed by atoms with E-state index in [2.05, 4.69) is 16.0 Å². The third-order valence-corrected chi connectivity index (χ3v) is 3.94. The van der Waals surface area contributed by atoms with Gasteiger partial charge in [-0.2, -0.15) is 5.26 Å². The molecule has 2 rings (SSSR count). The van der Waals surface area contributed by atoms with Crippen LogP contribution in [-0.4, -0.2) is 15.8 Å². The Labute approximate surface area is 137 Å². The average molecular weight is 307 g/mol. The number of nitriles is 1. The lowest BCUT2D eigenvalue weighted by atomic mass is 9.88. The Morgan fingerprint density at radius 3 is 2.35 bits per heavy atom. The van der Waals surface area contributed by atoms with Gasteiger partial charge in [-0.15, -0.1) is 0 Å². The van der Waals surface area contributed by atoms with Crippen molar-refractivity contribution in [2.24, 2.45) is 0 Å². The van der Waals surface area contributed by atoms with Crippen LogP contribution < -0.4 is 0 Å². The van der Waals surface area contributed by atoms with E-state index in [9.17, 15) is 10.1 Å². The van der Waals surface area contributed by atoms with Gasteiger partial charge in [0.2, 0.25) is 0 Å². The second-order valence-corrected chi connectivity index (χ2v) is 6.00. The van der Waals surface area contributed by atoms with E-state index < -0.39 is 5.92 Å². The van der Waals surface area contributed by atoms with Gasteiger partial charge in [-0.3, -0.25) is 4.79 Å². The number of aromatic nitrogens is 2. The first-order chi connectivity index (χ1) is 10.9. The molecule has 0 radical (unpaired) electrons. The van der Waals surface area contributed by atoms with Crippen LogP contribution in [0.15, 0.2) is 30.3 Å². The van der Waals surface area contributed by atoms with Gasteiger partial charge in [-0.05, 0) is 43.9 Å². The summed E-state index contributed by atoms with van der Waals surface area (Å²) in [6, 6.07) is 11.9. The van der Waals surface area contributed by atoms with Crippen LogP contribution in [0.25, 0.3) is 0 Å². The number of carbonyl (C=O) groups excluding carboxylic acids is 1. The van der Waals surface area contributed by atoms with Crippen molar-refractivity contribution >= 4 is 5.78 Å². The first-order valence-electron chi connectivity index (χ1n) is 7.72. The summed E-state index contributed by atoms with van der Waals surface area (Å²) < 4.78 is 0. The summed E-state index contributed by atoms with van der Waals surface area (Å²) in [7, 11) is 0. The van der Waals surface area contributed by atoms with Crippen molar-refractivity contribution in [1.82, 2.24) is 9.97 Å². The normalized spacial score (nSPS) is 13.2. The molecule has 23 heavy (non-hydrogen) atoms. The molecular formula is C19H21N3O. The summed E-state index contributed by atoms with van der Waals surface area (Å²) in [5.41, 5.74) is 3.84. The Morgan fingerprint density at radius 1 is 1.17 bits per heavy atom. The van der Waals surface area contributed by atoms with E-state index in [4.69, 9.17) is 0 Å². The maximum Gasteiger partial charge on any atom is 0.164 e. The van der Waals surface area contributed by atoms with Gasteiger partial charge < -0.3 is 0 Å². The Kier molecular flexibility index (Phi) is 5.23. The molecular weight excluding hydrogens is 286 g/mol. The zero-order valence-corrected chi connectivity index (χ0v) is 14.0. The van der Waals surface area contributed by atoms with Crippen LogP contribution in [0.3, 0.4) is 0 Å². The van der Waals surface area contributed by atoms with E-state index in [-0.39, 0.29) is 11.7 Å². The monoisotopic (exact) mass is 307 g/mol. The van der Waals surface area contributed by atoms with Crippen LogP contribution in [0.4, 0.5) is 0 Å². The van der Waals surface area contributed by atoms with Crippen molar-refractivity contribution in [2.45, 2.75) is 46.0 Å². The molecule has 0 spiro atoms. The third-order valence-electron chi connectivity index (χ3n) is 3.94. The fraction of sp³-hybridized carbons (Fsp3) is 0.368. The molecule has 0 aliphatic rings. The lowest BCUT2D eigenvalue weighted by molar-refractivity contribution is -0.119. The zero-order chi connectivity index (χ0) is 17.0. The van der Waals surface area contributed by atoms with Gasteiger partial charge >= 0.3 is 0 Å². The van der Waals surface area contributed by atoms with E-state index in [0.29, 0.717) is 12.2 Å². The van der Waals surface area contributed by atoms with Gasteiger partial charge in [-0.1, -0.05) is 31.2 Å². The number of aryl methyl sites for hydroxylation is 3. The van der Waals surface area contributed by atoms with Crippen LogP contribution in [0, 0.1) is 32.1 Å². The number of Topliss-reactive ketones (excluding diaryl/α,β-unsaturated/α-hetero) is 1. The maximum atomic E-state index is 12.6. The van der Waals surface area contributed by atoms with Crippen LogP contribution in [0.2, 0.25) is 0 Å². The number of hydrogen-bond donors (Lipinski definition) is 0. The third kappa shape index (κ3) is 4.01. The van der Waals surface area contributed by atoms with Crippen molar-refractivity contribution in [3.63, 3.8) is 0 Å². The Balaban J connectivity index is 2.21. The molecule has 0 fully saturated rings. The van der Waals surface area contributed by atoms with E-state index in [1.54, 1.807) is 0 Å². The number of carbonyl (C=O) groups is 1. The van der Waals surface area contributed by atoms with E-state index in [1.807, 2.05) is 58.0 Å². The molecule has 0 saturated heterocycles. The highest BCUT2D eigenvalue weighted by atomic mass is 16.1. The Bertz CT molecular complexity index is 741. The molecule has 1 aromatic heterocycles. The molecule has 0 aliphatic heterocycles. The summed E-state index contributed by atoms with van der Waals surface area (Å²) in [6.07, 6.45) is 0.305. The van der Waals surface area contributed by atoms with Crippen molar-refractivity contribution in [2.75, 3.05) is 0 Å². The van der Waals surface area contributed by atoms with Crippen molar-refractivity contribution in [3.8, 4) is 6.07 Å². The number of benzene rings is 1. The van der Waals surface area contributed by atoms with Crippen LogP contribution >= 0.6 is 0 Å². The molecule has 1 aromatic carbocycles. The maximum absolute atomic E-state index is 12.6. The highest BCUT2D eigenvalue weighted by molar-refractivity contribution is 5.88. The minimum absolute atomic E-state index is 0.0606. The van der Waals surface area contributed by atoms with Crippen LogP contribution in [0.1, 0.15) is 53.5 Å². The first-order valence-corrected chi connectivity index (χ1v) is 7.72. The van der Waals surface area contributed by atoms with Crippen molar-refractivity contribution in [3.05, 3.63) is 58.7 Å². The van der Waals surface area contributed by atoms with Gasteiger partial charge in [-0.25, -0.2) is 9.97 Å². The minimum atomic E-state index is -0.903. The molecule has 0 bridgehead atoms. The predicted octanol–water partition coefficient (Wildman–Crippen LogP) is 3.77. The molecule has 0 amide bonds. The summed E-state index contributed by atoms with van der Waals surface area (Å²) in [5, 5.41) is 9.42. The largest absolute Gasteiger partial charge is 0.298 e. The molecule has 4 heteroatoms. The van der Waals surface area contributed by atoms with E-state index in [0.717, 1.165) is 22.5 Å². The van der Waals surface area contributed by atoms with Gasteiger partial charge in [0.15, 0.2) is 17.5 Å². The quantitative estimate of drug-likeness (QED) is 0.843. The number of hydrogen-bond acceptors (Lipinski definition) is 4. The molecule has 4 nitrogen and oxygen atoms in total. The van der Waals surface area contributed by atoms with E-state index >= 15 is 0 Å². The topological polar surface area (TPSA) is 66.6 Å². The highest BCUT2D eigenvalue weighted by Crippen LogP contribution is 2.26. The predicted molar refractivity (Wildman–Crippen MR) is 89.1 cm³/mol. The molecule has 2 aromatic rings. The van der Waals surface area contributed by atoms with Crippen LogP contribution in [-0.2, 0) is 4.79 Å². The summed E-state index contributed by atoms with van der Waals surface area (Å²) in [4.78, 5) is 21.1.